The van der Waals surface area contributed by atoms with E-state index in [-0.39, 0.29) is 24.6 Å². The van der Waals surface area contributed by atoms with Gasteiger partial charge >= 0.3 is 17.9 Å². The molecule has 4 rings (SSSR count). The monoisotopic (exact) mass is 1050 g/mol. The Kier molecular flexibility index (Phi) is 25.0. The van der Waals surface area contributed by atoms with Crippen molar-refractivity contribution in [2.24, 2.45) is 11.8 Å². The van der Waals surface area contributed by atoms with Crippen LogP contribution in [-0.2, 0) is 52.7 Å². The number of rotatable bonds is 30. The molecule has 2 aromatic rings. The zero-order valence-corrected chi connectivity index (χ0v) is 42.6. The Morgan fingerprint density at radius 2 is 0.973 bits per heavy atom. The number of ketones is 1. The Balaban J connectivity index is 1.68. The first-order chi connectivity index (χ1) is 35.4. The van der Waals surface area contributed by atoms with Crippen molar-refractivity contribution in [1.82, 2.24) is 37.2 Å². The number of nitrogens with one attached hydrogen (secondary N) is 7. The standard InChI is InChI=1S/C52H71N7O14S/c1-31(60)54-39(29-43(65)66)50(71)55-37(23-25-42(63)64)48(69)59-45(44(34-18-10-4-11-19-34)35-20-12-5-13-21-35)51(72)56-36(22-24-41(61)62)47(68)57-38(28-33-16-8-3-9-17-33)49(70)58-40(30-74)46(67)52(73)53-27-26-32-14-6-2-7-15-32/h4-5,10-13,18-21,32-33,36-40,44-45,74H,2-3,6-9,14-17,22-30H2,1H3,(H,53,73)(H,54,60)(H,55,71)(H,56,72)(H,57,68)(H,58,70)(H,59,69)(H,61,62)(H,63,64)(H,65,66)/t36-,37-,38-,39-,40-,45-/m0/s1. The summed E-state index contributed by atoms with van der Waals surface area (Å²) in [6.45, 7) is 1.32. The summed E-state index contributed by atoms with van der Waals surface area (Å²) < 4.78 is 0. The molecule has 2 aromatic carbocycles. The lowest BCUT2D eigenvalue weighted by molar-refractivity contribution is -0.141. The van der Waals surface area contributed by atoms with Crippen molar-refractivity contribution < 1.29 is 68.1 Å². The molecule has 0 saturated heterocycles. The maximum Gasteiger partial charge on any atom is 0.305 e. The van der Waals surface area contributed by atoms with E-state index in [1.807, 2.05) is 0 Å². The predicted octanol–water partition coefficient (Wildman–Crippen LogP) is 2.51. The SMILES string of the molecule is CC(=O)N[C@@H](CC(=O)O)C(=O)N[C@@H](CCC(=O)O)C(=O)N[C@H](C(=O)N[C@@H](CCC(=O)O)C(=O)N[C@@H](CC1CCCCC1)C(=O)N[C@@H](CS)C(=O)C(=O)NCCC1CCCCC1)C(c1ccccc1)c1ccccc1. The fourth-order valence-corrected chi connectivity index (χ4v) is 9.78. The van der Waals surface area contributed by atoms with E-state index in [0.717, 1.165) is 64.7 Å². The van der Waals surface area contributed by atoms with Crippen molar-refractivity contribution in [3.8, 4) is 0 Å². The van der Waals surface area contributed by atoms with Gasteiger partial charge in [0.15, 0.2) is 0 Å². The smallest absolute Gasteiger partial charge is 0.305 e. The minimum atomic E-state index is -1.74. The van der Waals surface area contributed by atoms with Crippen molar-refractivity contribution in [3.05, 3.63) is 71.8 Å². The largest absolute Gasteiger partial charge is 0.481 e. The van der Waals surface area contributed by atoms with Gasteiger partial charge < -0.3 is 52.5 Å². The average molecular weight is 1050 g/mol. The number of Topliss-reactive ketones (excluding diaryl/α,β-unsaturated/α-hetero) is 1. The predicted molar refractivity (Wildman–Crippen MR) is 272 cm³/mol. The number of amides is 7. The van der Waals surface area contributed by atoms with Crippen LogP contribution in [0.1, 0.15) is 133 Å². The molecular weight excluding hydrogens is 979 g/mol. The second-order valence-corrected chi connectivity index (χ2v) is 19.4. The summed E-state index contributed by atoms with van der Waals surface area (Å²) in [5.41, 5.74) is 0.916. The molecule has 404 valence electrons. The summed E-state index contributed by atoms with van der Waals surface area (Å²) in [5.74, 6) is -12.8. The van der Waals surface area contributed by atoms with Gasteiger partial charge in [0, 0.05) is 38.0 Å². The summed E-state index contributed by atoms with van der Waals surface area (Å²) in [4.78, 5) is 145. The van der Waals surface area contributed by atoms with Crippen LogP contribution in [0, 0.1) is 11.8 Å². The molecule has 0 aliphatic heterocycles. The number of carbonyl (C=O) groups is 11. The molecule has 74 heavy (non-hydrogen) atoms. The molecule has 2 aliphatic rings. The molecule has 21 nitrogen and oxygen atoms in total. The van der Waals surface area contributed by atoms with Gasteiger partial charge in [0.05, 0.1) is 6.42 Å². The van der Waals surface area contributed by atoms with E-state index in [9.17, 15) is 63.3 Å². The molecule has 7 amide bonds. The minimum Gasteiger partial charge on any atom is -0.481 e. The second-order valence-electron chi connectivity index (χ2n) is 19.1. The van der Waals surface area contributed by atoms with Gasteiger partial charge in [-0.1, -0.05) is 125 Å². The molecular formula is C52H71N7O14S. The maximum atomic E-state index is 15.0. The van der Waals surface area contributed by atoms with E-state index in [1.165, 1.54) is 6.42 Å². The van der Waals surface area contributed by atoms with Crippen LogP contribution in [0.5, 0.6) is 0 Å². The van der Waals surface area contributed by atoms with Crippen LogP contribution in [-0.4, -0.2) is 129 Å². The number of hydrogen-bond donors (Lipinski definition) is 11. The molecule has 2 fully saturated rings. The van der Waals surface area contributed by atoms with Gasteiger partial charge in [-0.05, 0) is 48.6 Å². The van der Waals surface area contributed by atoms with Crippen LogP contribution in [0.4, 0.5) is 0 Å². The van der Waals surface area contributed by atoms with Crippen molar-refractivity contribution in [2.75, 3.05) is 12.3 Å². The average Bonchev–Trinajstić information content (AvgIpc) is 3.37. The van der Waals surface area contributed by atoms with E-state index >= 15 is 4.79 Å². The molecule has 0 aromatic heterocycles. The third kappa shape index (κ3) is 20.2. The third-order valence-electron chi connectivity index (χ3n) is 13.4. The zero-order valence-electron chi connectivity index (χ0n) is 41.7. The fourth-order valence-electron chi connectivity index (χ4n) is 9.53. The minimum absolute atomic E-state index is 0.0515. The Bertz CT molecular complexity index is 2200. The van der Waals surface area contributed by atoms with Gasteiger partial charge in [0.1, 0.15) is 36.3 Å². The number of carboxylic acids is 3. The Labute approximate surface area is 435 Å². The third-order valence-corrected chi connectivity index (χ3v) is 13.8. The summed E-state index contributed by atoms with van der Waals surface area (Å²) >= 11 is 4.26. The van der Waals surface area contributed by atoms with Crippen LogP contribution in [0.3, 0.4) is 0 Å². The number of aliphatic carboxylic acids is 3. The van der Waals surface area contributed by atoms with Gasteiger partial charge in [0.25, 0.3) is 5.91 Å². The number of hydrogen-bond acceptors (Lipinski definition) is 12. The lowest BCUT2D eigenvalue weighted by Crippen LogP contribution is -2.61. The molecule has 0 heterocycles. The maximum absolute atomic E-state index is 15.0. The Hall–Kier alpha value is -6.84. The molecule has 0 unspecified atom stereocenters. The van der Waals surface area contributed by atoms with Crippen molar-refractivity contribution >= 4 is 77.7 Å². The van der Waals surface area contributed by atoms with E-state index < -0.39 is 139 Å². The molecule has 0 radical (unpaired) electrons. The lowest BCUT2D eigenvalue weighted by atomic mass is 9.84. The molecule has 2 aliphatic carbocycles. The summed E-state index contributed by atoms with van der Waals surface area (Å²) in [7, 11) is 0. The van der Waals surface area contributed by atoms with Crippen molar-refractivity contribution in [1.29, 1.82) is 0 Å². The first-order valence-electron chi connectivity index (χ1n) is 25.3. The lowest BCUT2D eigenvalue weighted by Gasteiger charge is -2.32. The van der Waals surface area contributed by atoms with Crippen LogP contribution in [0.15, 0.2) is 60.7 Å². The van der Waals surface area contributed by atoms with Gasteiger partial charge in [0.2, 0.25) is 41.2 Å². The van der Waals surface area contributed by atoms with E-state index in [4.69, 9.17) is 0 Å². The van der Waals surface area contributed by atoms with Gasteiger partial charge in [-0.2, -0.15) is 12.6 Å². The van der Waals surface area contributed by atoms with Crippen molar-refractivity contribution in [3.63, 3.8) is 0 Å². The van der Waals surface area contributed by atoms with Gasteiger partial charge in [-0.15, -0.1) is 0 Å². The normalized spacial score (nSPS) is 16.4. The molecule has 6 atom stereocenters. The first-order valence-corrected chi connectivity index (χ1v) is 26.0. The summed E-state index contributed by atoms with van der Waals surface area (Å²) in [5, 5.41) is 46.5. The van der Waals surface area contributed by atoms with E-state index in [2.05, 4.69) is 49.8 Å². The quantitative estimate of drug-likeness (QED) is 0.0396. The number of thiol groups is 1. The summed E-state index contributed by atoms with van der Waals surface area (Å²) in [6, 6.07) is 7.18. The highest BCUT2D eigenvalue weighted by Crippen LogP contribution is 2.30. The number of benzene rings is 2. The zero-order chi connectivity index (χ0) is 54.2. The summed E-state index contributed by atoms with van der Waals surface area (Å²) in [6.07, 6.45) is 7.10. The molecule has 22 heteroatoms. The van der Waals surface area contributed by atoms with E-state index in [1.54, 1.807) is 60.7 Å². The van der Waals surface area contributed by atoms with Crippen LogP contribution < -0.4 is 37.2 Å². The Morgan fingerprint density at radius 1 is 0.527 bits per heavy atom. The van der Waals surface area contributed by atoms with Crippen LogP contribution >= 0.6 is 12.6 Å². The molecule has 0 bridgehead atoms. The van der Waals surface area contributed by atoms with E-state index in [0.29, 0.717) is 23.5 Å². The van der Waals surface area contributed by atoms with Crippen molar-refractivity contribution in [2.45, 2.75) is 158 Å². The highest BCUT2D eigenvalue weighted by atomic mass is 32.1. The topological polar surface area (TPSA) is 333 Å². The fraction of sp³-hybridized carbons (Fsp3) is 0.558. The highest BCUT2D eigenvalue weighted by Gasteiger charge is 2.39. The van der Waals surface area contributed by atoms with Crippen LogP contribution in [0.2, 0.25) is 0 Å². The molecule has 0 spiro atoms. The Morgan fingerprint density at radius 3 is 1.46 bits per heavy atom. The number of carbonyl (C=O) groups excluding carboxylic acids is 8. The highest BCUT2D eigenvalue weighted by molar-refractivity contribution is 7.80. The van der Waals surface area contributed by atoms with Crippen LogP contribution in [0.25, 0.3) is 0 Å². The second kappa shape index (κ2) is 31.0. The molecule has 10 N–H and O–H groups in total. The first kappa shape index (κ1) is 59.7. The van der Waals surface area contributed by atoms with Gasteiger partial charge in [-0.3, -0.25) is 52.7 Å². The molecule has 2 saturated carbocycles. The number of carboxylic acid groups (broad SMARTS) is 3. The van der Waals surface area contributed by atoms with Gasteiger partial charge in [-0.25, -0.2) is 0 Å².